The van der Waals surface area contributed by atoms with Crippen molar-refractivity contribution in [2.75, 3.05) is 20.3 Å². The lowest BCUT2D eigenvalue weighted by atomic mass is 10.0. The Kier molecular flexibility index (Phi) is 11.3. The van der Waals surface area contributed by atoms with Crippen LogP contribution in [0.5, 0.6) is 11.5 Å². The van der Waals surface area contributed by atoms with Gasteiger partial charge >= 0.3 is 12.0 Å². The number of carbonyl (C=O) groups excluding carboxylic acids is 4. The van der Waals surface area contributed by atoms with E-state index in [-0.39, 0.29) is 31.4 Å². The molecule has 0 radical (unpaired) electrons. The third kappa shape index (κ3) is 8.75. The number of methoxy groups -OCH3 is 1. The molecule has 1 saturated carbocycles. The second-order valence-electron chi connectivity index (χ2n) is 15.2. The number of nitrogens with zero attached hydrogens (tertiary/aromatic N) is 2. The number of carbonyl (C=O) groups is 4. The van der Waals surface area contributed by atoms with Gasteiger partial charge in [0, 0.05) is 41.0 Å². The van der Waals surface area contributed by atoms with Gasteiger partial charge in [0.15, 0.2) is 0 Å². The van der Waals surface area contributed by atoms with Gasteiger partial charge in [0.2, 0.25) is 11.8 Å². The van der Waals surface area contributed by atoms with Crippen molar-refractivity contribution in [3.8, 4) is 22.8 Å². The summed E-state index contributed by atoms with van der Waals surface area (Å²) in [5.41, 5.74) is 0.538. The first kappa shape index (κ1) is 37.6. The first-order valence-corrected chi connectivity index (χ1v) is 18.7. The number of urea groups is 1. The number of allylic oxidation sites excluding steroid dienone is 1. The van der Waals surface area contributed by atoms with Crippen LogP contribution >= 0.6 is 0 Å². The molecule has 2 aromatic carbocycles. The standard InChI is InChI=1S/C41H51N5O7/c1-6-52-38(49)41-24-27(41)17-13-8-7-9-14-18-31(43-39(50)45-40(2,3)4)37(48)46-25-29(22-34(46)36(47)44-41)53-35-23-32(26-15-11-10-12-16-26)42-33-21-28(51-5)19-20-30(33)35/h10-13,15-17,19-21,23,27,29,31,34H,6-9,14,18,22,24-25H2,1-5H3,(H,44,47)(H2,43,45,50)/b17-13-/t27?,29-,31+,34+,41-/m1/s1. The van der Waals surface area contributed by atoms with Crippen molar-refractivity contribution < 1.29 is 33.4 Å². The number of benzene rings is 2. The van der Waals surface area contributed by atoms with Gasteiger partial charge in [-0.2, -0.15) is 0 Å². The first-order chi connectivity index (χ1) is 25.4. The summed E-state index contributed by atoms with van der Waals surface area (Å²) in [5, 5.41) is 9.57. The number of amides is 4. The Balaban J connectivity index is 1.35. The molecule has 12 nitrogen and oxygen atoms in total. The molecule has 3 aliphatic rings. The average Bonchev–Trinajstić information content (AvgIpc) is 3.66. The maximum Gasteiger partial charge on any atom is 0.332 e. The van der Waals surface area contributed by atoms with Gasteiger partial charge < -0.3 is 35.1 Å². The van der Waals surface area contributed by atoms with Crippen LogP contribution in [0.2, 0.25) is 0 Å². The first-order valence-electron chi connectivity index (χ1n) is 18.7. The number of hydrogen-bond donors (Lipinski definition) is 3. The number of pyridine rings is 1. The van der Waals surface area contributed by atoms with E-state index in [0.717, 1.165) is 30.2 Å². The van der Waals surface area contributed by atoms with Crippen LogP contribution in [0.4, 0.5) is 4.79 Å². The Hall–Kier alpha value is -5.13. The van der Waals surface area contributed by atoms with E-state index in [1.807, 2.05) is 81.4 Å². The largest absolute Gasteiger partial charge is 0.497 e. The van der Waals surface area contributed by atoms with E-state index in [1.54, 1.807) is 14.0 Å². The van der Waals surface area contributed by atoms with Crippen LogP contribution < -0.4 is 25.4 Å². The van der Waals surface area contributed by atoms with Gasteiger partial charge in [0.1, 0.15) is 35.2 Å². The van der Waals surface area contributed by atoms with Gasteiger partial charge in [-0.3, -0.25) is 9.59 Å². The highest BCUT2D eigenvalue weighted by atomic mass is 16.5. The fraction of sp³-hybridized carbons (Fsp3) is 0.488. The van der Waals surface area contributed by atoms with Crippen molar-refractivity contribution in [1.29, 1.82) is 0 Å². The van der Waals surface area contributed by atoms with Crippen LogP contribution in [0.15, 0.2) is 66.7 Å². The third-order valence-electron chi connectivity index (χ3n) is 10.0. The molecule has 53 heavy (non-hydrogen) atoms. The monoisotopic (exact) mass is 725 g/mol. The zero-order valence-electron chi connectivity index (χ0n) is 31.3. The Morgan fingerprint density at radius 3 is 2.58 bits per heavy atom. The number of hydrogen-bond acceptors (Lipinski definition) is 8. The van der Waals surface area contributed by atoms with E-state index in [0.29, 0.717) is 42.0 Å². The van der Waals surface area contributed by atoms with Gasteiger partial charge in [-0.1, -0.05) is 55.3 Å². The molecule has 1 unspecified atom stereocenters. The van der Waals surface area contributed by atoms with Gasteiger partial charge in [-0.25, -0.2) is 14.6 Å². The van der Waals surface area contributed by atoms with E-state index >= 15 is 0 Å². The highest BCUT2D eigenvalue weighted by Crippen LogP contribution is 2.46. The molecule has 12 heteroatoms. The summed E-state index contributed by atoms with van der Waals surface area (Å²) in [4.78, 5) is 61.8. The van der Waals surface area contributed by atoms with Crippen molar-refractivity contribution >= 4 is 34.7 Å². The molecule has 4 amide bonds. The summed E-state index contributed by atoms with van der Waals surface area (Å²) in [6.07, 6.45) is 7.68. The molecule has 3 aromatic rings. The van der Waals surface area contributed by atoms with Crippen LogP contribution in [0.1, 0.15) is 72.6 Å². The normalized spacial score (nSPS) is 25.5. The molecule has 0 spiro atoms. The zero-order valence-corrected chi connectivity index (χ0v) is 31.3. The summed E-state index contributed by atoms with van der Waals surface area (Å²) in [6.45, 7) is 7.61. The summed E-state index contributed by atoms with van der Waals surface area (Å²) in [7, 11) is 1.60. The highest BCUT2D eigenvalue weighted by molar-refractivity contribution is 5.97. The number of nitrogens with one attached hydrogen (secondary N) is 3. The maximum absolute atomic E-state index is 14.6. The second kappa shape index (κ2) is 15.9. The van der Waals surface area contributed by atoms with Gasteiger partial charge in [0.05, 0.1) is 31.5 Å². The molecule has 5 atom stereocenters. The molecule has 6 rings (SSSR count). The molecule has 3 heterocycles. The van der Waals surface area contributed by atoms with E-state index in [1.165, 1.54) is 4.90 Å². The molecule has 1 saturated heterocycles. The van der Waals surface area contributed by atoms with Crippen molar-refractivity contribution in [2.24, 2.45) is 5.92 Å². The van der Waals surface area contributed by atoms with E-state index in [4.69, 9.17) is 19.2 Å². The SMILES string of the molecule is CCOC(=O)[C@@]12CC1/C=C\CCCCC[C@H](NC(=O)NC(C)(C)C)C(=O)N1C[C@H](Oc3cc(-c4ccccc4)nc4cc(OC)ccc34)C[C@H]1C(=O)N2. The molecule has 282 valence electrons. The Morgan fingerprint density at radius 1 is 1.06 bits per heavy atom. The molecule has 3 N–H and O–H groups in total. The summed E-state index contributed by atoms with van der Waals surface area (Å²) < 4.78 is 17.7. The minimum atomic E-state index is -1.20. The molecule has 0 bridgehead atoms. The minimum absolute atomic E-state index is 0.0897. The van der Waals surface area contributed by atoms with Gasteiger partial charge in [0.25, 0.3) is 0 Å². The fourth-order valence-electron chi connectivity index (χ4n) is 7.27. The van der Waals surface area contributed by atoms with Crippen molar-refractivity contribution in [3.05, 3.63) is 66.7 Å². The lowest BCUT2D eigenvalue weighted by Gasteiger charge is -2.30. The number of rotatable bonds is 7. The molecular formula is C41H51N5O7. The molecular weight excluding hydrogens is 674 g/mol. The average molecular weight is 726 g/mol. The van der Waals surface area contributed by atoms with Crippen LogP contribution in [0.3, 0.4) is 0 Å². The van der Waals surface area contributed by atoms with Crippen molar-refractivity contribution in [3.63, 3.8) is 0 Å². The summed E-state index contributed by atoms with van der Waals surface area (Å²) in [6, 6.07) is 14.9. The molecule has 2 fully saturated rings. The number of fused-ring (bicyclic) bond motifs is 3. The van der Waals surface area contributed by atoms with Crippen LogP contribution in [0.25, 0.3) is 22.2 Å². The second-order valence-corrected chi connectivity index (χ2v) is 15.2. The molecule has 1 aliphatic carbocycles. The maximum atomic E-state index is 14.6. The predicted molar refractivity (Wildman–Crippen MR) is 201 cm³/mol. The quantitative estimate of drug-likeness (QED) is 0.208. The zero-order chi connectivity index (χ0) is 37.8. The van der Waals surface area contributed by atoms with Crippen molar-refractivity contribution in [2.45, 2.75) is 102 Å². The van der Waals surface area contributed by atoms with Gasteiger partial charge in [-0.15, -0.1) is 0 Å². The molecule has 1 aromatic heterocycles. The lowest BCUT2D eigenvalue weighted by molar-refractivity contribution is -0.150. The molecule has 2 aliphatic heterocycles. The van der Waals surface area contributed by atoms with Crippen LogP contribution in [-0.2, 0) is 19.1 Å². The summed E-state index contributed by atoms with van der Waals surface area (Å²) >= 11 is 0. The van der Waals surface area contributed by atoms with E-state index < -0.39 is 47.2 Å². The highest BCUT2D eigenvalue weighted by Gasteiger charge is 2.62. The smallest absolute Gasteiger partial charge is 0.332 e. The topological polar surface area (TPSA) is 148 Å². The predicted octanol–water partition coefficient (Wildman–Crippen LogP) is 5.68. The third-order valence-corrected chi connectivity index (χ3v) is 10.0. The fourth-order valence-corrected chi connectivity index (χ4v) is 7.27. The van der Waals surface area contributed by atoms with E-state index in [9.17, 15) is 19.2 Å². The Bertz CT molecular complexity index is 1860. The van der Waals surface area contributed by atoms with Crippen LogP contribution in [0, 0.1) is 5.92 Å². The number of aromatic nitrogens is 1. The Morgan fingerprint density at radius 2 is 1.85 bits per heavy atom. The number of esters is 1. The van der Waals surface area contributed by atoms with Crippen LogP contribution in [-0.4, -0.2) is 83.2 Å². The van der Waals surface area contributed by atoms with Gasteiger partial charge in [-0.05, 0) is 65.5 Å². The van der Waals surface area contributed by atoms with Crippen molar-refractivity contribution in [1.82, 2.24) is 25.8 Å². The van der Waals surface area contributed by atoms with E-state index in [2.05, 4.69) is 22.0 Å². The Labute approximate surface area is 311 Å². The minimum Gasteiger partial charge on any atom is -0.497 e. The number of ether oxygens (including phenoxy) is 3. The summed E-state index contributed by atoms with van der Waals surface area (Å²) in [5.74, 6) is -0.336. The lowest BCUT2D eigenvalue weighted by Crippen LogP contribution is -2.58.